The van der Waals surface area contributed by atoms with Gasteiger partial charge < -0.3 is 24.0 Å². The molecule has 0 atom stereocenters. The second kappa shape index (κ2) is 9.10. The molecule has 1 aromatic carbocycles. The van der Waals surface area contributed by atoms with Gasteiger partial charge in [0.15, 0.2) is 0 Å². The van der Waals surface area contributed by atoms with Crippen LogP contribution in [0.25, 0.3) is 0 Å². The maximum absolute atomic E-state index is 9.84. The van der Waals surface area contributed by atoms with Gasteiger partial charge in [0, 0.05) is 37.6 Å². The van der Waals surface area contributed by atoms with Gasteiger partial charge in [-0.2, -0.15) is 0 Å². The molecular formula is C15H22F6N2O2P-. The minimum Gasteiger partial charge on any atom is -1.00 e. The monoisotopic (exact) mass is 407 g/mol. The second-order valence-corrected chi connectivity index (χ2v) is 7.09. The van der Waals surface area contributed by atoms with Gasteiger partial charge in [0.1, 0.15) is 0 Å². The van der Waals surface area contributed by atoms with Gasteiger partial charge in [-0.3, -0.25) is 0 Å². The molecule has 0 radical (unpaired) electrons. The molecule has 2 aliphatic rings. The van der Waals surface area contributed by atoms with E-state index in [0.717, 1.165) is 52.6 Å². The number of aryl methyl sites for hydroxylation is 1. The molecule has 26 heavy (non-hydrogen) atoms. The first-order valence-electron chi connectivity index (χ1n) is 7.95. The van der Waals surface area contributed by atoms with E-state index < -0.39 is 8.16 Å². The Balaban J connectivity index is 0.000000422. The van der Waals surface area contributed by atoms with E-state index in [2.05, 4.69) is 34.9 Å². The van der Waals surface area contributed by atoms with Crippen molar-refractivity contribution in [2.45, 2.75) is 6.92 Å². The summed E-state index contributed by atoms with van der Waals surface area (Å²) in [6, 6.07) is 6.78. The number of rotatable bonds is 2. The molecule has 0 aliphatic carbocycles. The van der Waals surface area contributed by atoms with E-state index in [-0.39, 0.29) is 4.70 Å². The number of halogens is 6. The molecule has 0 aromatic heterocycles. The van der Waals surface area contributed by atoms with Gasteiger partial charge in [0.2, 0.25) is 0 Å². The molecule has 0 amide bonds. The quantitative estimate of drug-likeness (QED) is 0.550. The van der Waals surface area contributed by atoms with Crippen molar-refractivity contribution >= 4 is 19.5 Å². The summed E-state index contributed by atoms with van der Waals surface area (Å²) >= 11 is 0. The summed E-state index contributed by atoms with van der Waals surface area (Å²) < 4.78 is 60.1. The van der Waals surface area contributed by atoms with Gasteiger partial charge in [0.05, 0.1) is 26.4 Å². The number of anilines is 2. The molecule has 0 saturated carbocycles. The van der Waals surface area contributed by atoms with E-state index in [0.29, 0.717) is 0 Å². The molecular weight excluding hydrogens is 385 g/mol. The van der Waals surface area contributed by atoms with Crippen LogP contribution in [0.3, 0.4) is 0 Å². The molecule has 0 bridgehead atoms. The van der Waals surface area contributed by atoms with Gasteiger partial charge in [-0.05, 0) is 24.6 Å². The number of hydrogen-bond acceptors (Lipinski definition) is 4. The van der Waals surface area contributed by atoms with Gasteiger partial charge >= 0.3 is 29.1 Å². The van der Waals surface area contributed by atoms with Crippen LogP contribution >= 0.6 is 8.16 Å². The maximum atomic E-state index is 9.84. The third kappa shape index (κ3) is 8.42. The van der Waals surface area contributed by atoms with Crippen molar-refractivity contribution < 1.29 is 35.2 Å². The molecule has 11 heteroatoms. The van der Waals surface area contributed by atoms with E-state index in [9.17, 15) is 21.0 Å². The van der Waals surface area contributed by atoms with Gasteiger partial charge in [-0.15, -0.1) is 0 Å². The molecule has 3 rings (SSSR count). The molecule has 2 heterocycles. The topological polar surface area (TPSA) is 24.9 Å². The van der Waals surface area contributed by atoms with E-state index in [1.807, 2.05) is 0 Å². The smallest absolute Gasteiger partial charge is 1.00 e. The molecule has 2 saturated heterocycles. The Morgan fingerprint density at radius 1 is 0.808 bits per heavy atom. The third-order valence-corrected chi connectivity index (χ3v) is 3.92. The fraction of sp³-hybridized carbons (Fsp3) is 0.600. The van der Waals surface area contributed by atoms with E-state index >= 15 is 0 Å². The summed E-state index contributed by atoms with van der Waals surface area (Å²) in [5.41, 5.74) is 4.02. The van der Waals surface area contributed by atoms with Crippen molar-refractivity contribution in [3.05, 3.63) is 23.8 Å². The second-order valence-electron chi connectivity index (χ2n) is 5.81. The summed E-state index contributed by atoms with van der Waals surface area (Å²) in [6.45, 7) is 9.50. The number of ether oxygens (including phenoxy) is 2. The summed E-state index contributed by atoms with van der Waals surface area (Å²) in [5, 5.41) is 0. The Bertz CT molecular complexity index is 556. The van der Waals surface area contributed by atoms with Crippen LogP contribution in [0.2, 0.25) is 0 Å². The molecule has 2 aliphatic heterocycles. The van der Waals surface area contributed by atoms with Crippen molar-refractivity contribution in [2.75, 3.05) is 62.4 Å². The Kier molecular flexibility index (Phi) is 7.98. The normalized spacial score (nSPS) is 19.5. The standard InChI is InChI=1S/C15H22N2O2.F5P.FH/c1-13-2-3-14(16-4-8-18-9-5-16)12-15(13)17-6-10-19-11-7-17;1-6(2,3,4)5;/h2-3,12H,4-11H2,1H3;;1H/p-1. The van der Waals surface area contributed by atoms with Crippen LogP contribution in [0.1, 0.15) is 5.56 Å². The van der Waals surface area contributed by atoms with Crippen LogP contribution in [0.4, 0.5) is 32.4 Å². The number of morpholine rings is 2. The first-order chi connectivity index (χ1) is 11.6. The minimum atomic E-state index is -8.55. The molecule has 4 nitrogen and oxygen atoms in total. The molecule has 2 fully saturated rings. The third-order valence-electron chi connectivity index (χ3n) is 3.92. The Morgan fingerprint density at radius 2 is 1.23 bits per heavy atom. The number of nitrogens with zero attached hydrogens (tertiary/aromatic N) is 2. The van der Waals surface area contributed by atoms with Crippen LogP contribution in [-0.2, 0) is 9.47 Å². The summed E-state index contributed by atoms with van der Waals surface area (Å²) in [7, 11) is -8.55. The van der Waals surface area contributed by atoms with Crippen molar-refractivity contribution in [2.24, 2.45) is 0 Å². The van der Waals surface area contributed by atoms with Gasteiger partial charge in [-0.1, -0.05) is 6.07 Å². The van der Waals surface area contributed by atoms with Crippen molar-refractivity contribution in [3.63, 3.8) is 0 Å². The first-order valence-corrected chi connectivity index (χ1v) is 9.64. The number of benzene rings is 1. The van der Waals surface area contributed by atoms with Crippen LogP contribution in [0, 0.1) is 6.92 Å². The number of hydrogen-bond donors (Lipinski definition) is 0. The van der Waals surface area contributed by atoms with E-state index in [4.69, 9.17) is 9.47 Å². The van der Waals surface area contributed by atoms with E-state index in [1.54, 1.807) is 0 Å². The van der Waals surface area contributed by atoms with Crippen molar-refractivity contribution in [1.82, 2.24) is 0 Å². The zero-order chi connectivity index (χ0) is 18.5. The Morgan fingerprint density at radius 3 is 1.69 bits per heavy atom. The largest absolute Gasteiger partial charge is 1.00 e. The predicted molar refractivity (Wildman–Crippen MR) is 89.7 cm³/mol. The predicted octanol–water partition coefficient (Wildman–Crippen LogP) is 1.63. The summed E-state index contributed by atoms with van der Waals surface area (Å²) in [4.78, 5) is 4.84. The minimum absolute atomic E-state index is 0. The van der Waals surface area contributed by atoms with Crippen LogP contribution in [0.5, 0.6) is 0 Å². The van der Waals surface area contributed by atoms with Crippen molar-refractivity contribution in [3.8, 4) is 0 Å². The average molecular weight is 407 g/mol. The Labute approximate surface area is 148 Å². The van der Waals surface area contributed by atoms with Crippen LogP contribution in [0.15, 0.2) is 18.2 Å². The maximum Gasteiger partial charge on any atom is -1.00 e. The van der Waals surface area contributed by atoms with Crippen molar-refractivity contribution in [1.29, 1.82) is 0 Å². The van der Waals surface area contributed by atoms with Crippen LogP contribution < -0.4 is 14.5 Å². The van der Waals surface area contributed by atoms with E-state index in [1.165, 1.54) is 16.9 Å². The first kappa shape index (κ1) is 22.8. The molecule has 1 aromatic rings. The molecule has 152 valence electrons. The average Bonchev–Trinajstić information content (AvgIpc) is 2.55. The summed E-state index contributed by atoms with van der Waals surface area (Å²) in [5.74, 6) is 0. The molecule has 0 spiro atoms. The fourth-order valence-electron chi connectivity index (χ4n) is 2.76. The summed E-state index contributed by atoms with van der Waals surface area (Å²) in [6.07, 6.45) is 0. The molecule has 0 N–H and O–H groups in total. The Hall–Kier alpha value is -1.25. The molecule has 0 unspecified atom stereocenters. The van der Waals surface area contributed by atoms with Gasteiger partial charge in [0.25, 0.3) is 0 Å². The SMILES string of the molecule is Cc1ccc(N2CCOCC2)cc1N1CCOCC1.FP(F)(F)(F)F.[F-]. The zero-order valence-corrected chi connectivity index (χ0v) is 15.2. The van der Waals surface area contributed by atoms with Crippen LogP contribution in [-0.4, -0.2) is 52.6 Å². The van der Waals surface area contributed by atoms with Gasteiger partial charge in [-0.25, -0.2) is 0 Å². The zero-order valence-electron chi connectivity index (χ0n) is 14.3. The fourth-order valence-corrected chi connectivity index (χ4v) is 2.76.